The molecule has 3 heterocycles. The number of primary amides is 1. The Morgan fingerprint density at radius 1 is 1.16 bits per heavy atom. The standard InChI is InChI=1S/C24H26ClN5O/c1-17-19(24(26)31)8-10-23(28-17)30(15-14-29-12-4-5-13-29)18-7-9-21(25)20(16-18)22-6-2-3-11-27-22/h2-3,6-11,16H,4-5,12-15H2,1H3,(H2,26,31). The lowest BCUT2D eigenvalue weighted by Crippen LogP contribution is -2.31. The second-order valence-electron chi connectivity index (χ2n) is 7.75. The molecule has 0 atom stereocenters. The van der Waals surface area contributed by atoms with Gasteiger partial charge in [0, 0.05) is 30.5 Å². The number of anilines is 2. The predicted octanol–water partition coefficient (Wildman–Crippen LogP) is 4.44. The van der Waals surface area contributed by atoms with E-state index in [1.807, 2.05) is 49.4 Å². The molecular formula is C24H26ClN5O. The van der Waals surface area contributed by atoms with Gasteiger partial charge in [0.2, 0.25) is 0 Å². The van der Waals surface area contributed by atoms with E-state index in [0.717, 1.165) is 48.9 Å². The monoisotopic (exact) mass is 435 g/mol. The molecule has 31 heavy (non-hydrogen) atoms. The molecule has 1 aliphatic rings. The lowest BCUT2D eigenvalue weighted by Gasteiger charge is -2.27. The summed E-state index contributed by atoms with van der Waals surface area (Å²) < 4.78 is 0. The molecule has 6 nitrogen and oxygen atoms in total. The third-order valence-corrected chi connectivity index (χ3v) is 5.98. The Kier molecular flexibility index (Phi) is 6.49. The van der Waals surface area contributed by atoms with Gasteiger partial charge < -0.3 is 15.5 Å². The number of rotatable bonds is 7. The van der Waals surface area contributed by atoms with Gasteiger partial charge in [0.15, 0.2) is 0 Å². The molecule has 1 saturated heterocycles. The van der Waals surface area contributed by atoms with Gasteiger partial charge in [-0.25, -0.2) is 4.98 Å². The van der Waals surface area contributed by atoms with Crippen molar-refractivity contribution in [2.45, 2.75) is 19.8 Å². The van der Waals surface area contributed by atoms with Gasteiger partial charge in [0.1, 0.15) is 5.82 Å². The first kappa shape index (κ1) is 21.3. The van der Waals surface area contributed by atoms with Crippen molar-refractivity contribution < 1.29 is 4.79 Å². The van der Waals surface area contributed by atoms with E-state index < -0.39 is 5.91 Å². The van der Waals surface area contributed by atoms with E-state index in [9.17, 15) is 4.79 Å². The highest BCUT2D eigenvalue weighted by molar-refractivity contribution is 6.33. The van der Waals surface area contributed by atoms with Crippen LogP contribution in [0.2, 0.25) is 5.02 Å². The van der Waals surface area contributed by atoms with E-state index in [1.54, 1.807) is 12.3 Å². The summed E-state index contributed by atoms with van der Waals surface area (Å²) in [4.78, 5) is 25.4. The molecule has 0 unspecified atom stereocenters. The lowest BCUT2D eigenvalue weighted by molar-refractivity contribution is 0.0999. The smallest absolute Gasteiger partial charge is 0.250 e. The topological polar surface area (TPSA) is 75.3 Å². The van der Waals surface area contributed by atoms with E-state index in [1.165, 1.54) is 12.8 Å². The van der Waals surface area contributed by atoms with Crippen molar-refractivity contribution in [3.8, 4) is 11.3 Å². The number of hydrogen-bond donors (Lipinski definition) is 1. The normalized spacial score (nSPS) is 14.0. The highest BCUT2D eigenvalue weighted by atomic mass is 35.5. The van der Waals surface area contributed by atoms with Crippen molar-refractivity contribution in [3.05, 3.63) is 71.0 Å². The maximum atomic E-state index is 11.7. The van der Waals surface area contributed by atoms with Gasteiger partial charge in [-0.3, -0.25) is 9.78 Å². The second kappa shape index (κ2) is 9.45. The summed E-state index contributed by atoms with van der Waals surface area (Å²) in [5.74, 6) is 0.306. The molecule has 0 aliphatic carbocycles. The van der Waals surface area contributed by atoms with Crippen molar-refractivity contribution in [2.75, 3.05) is 31.1 Å². The van der Waals surface area contributed by atoms with Crippen molar-refractivity contribution in [1.29, 1.82) is 0 Å². The quantitative estimate of drug-likeness (QED) is 0.593. The van der Waals surface area contributed by atoms with Crippen LogP contribution in [0.4, 0.5) is 11.5 Å². The van der Waals surface area contributed by atoms with Crippen molar-refractivity contribution in [2.24, 2.45) is 5.73 Å². The van der Waals surface area contributed by atoms with Crippen LogP contribution in [0.1, 0.15) is 28.9 Å². The van der Waals surface area contributed by atoms with Gasteiger partial charge in [-0.05, 0) is 75.3 Å². The average molecular weight is 436 g/mol. The van der Waals surface area contributed by atoms with Crippen LogP contribution in [0, 0.1) is 6.92 Å². The first-order valence-corrected chi connectivity index (χ1v) is 10.9. The molecule has 1 amide bonds. The number of amides is 1. The molecule has 0 radical (unpaired) electrons. The molecule has 0 saturated carbocycles. The van der Waals surface area contributed by atoms with Gasteiger partial charge in [-0.1, -0.05) is 17.7 Å². The first-order chi connectivity index (χ1) is 15.0. The van der Waals surface area contributed by atoms with E-state index >= 15 is 0 Å². The maximum Gasteiger partial charge on any atom is 0.250 e. The molecule has 4 rings (SSSR count). The maximum absolute atomic E-state index is 11.7. The number of aromatic nitrogens is 2. The summed E-state index contributed by atoms with van der Waals surface area (Å²) in [5.41, 5.74) is 9.20. The van der Waals surface area contributed by atoms with Gasteiger partial charge in [0.25, 0.3) is 5.91 Å². The lowest BCUT2D eigenvalue weighted by atomic mass is 10.1. The van der Waals surface area contributed by atoms with Crippen LogP contribution in [0.5, 0.6) is 0 Å². The van der Waals surface area contributed by atoms with E-state index in [0.29, 0.717) is 16.3 Å². The van der Waals surface area contributed by atoms with Gasteiger partial charge in [-0.2, -0.15) is 0 Å². The molecule has 7 heteroatoms. The minimum atomic E-state index is -0.468. The zero-order valence-corrected chi connectivity index (χ0v) is 18.3. The Morgan fingerprint density at radius 2 is 1.97 bits per heavy atom. The SMILES string of the molecule is Cc1nc(N(CCN2CCCC2)c2ccc(Cl)c(-c3ccccn3)c2)ccc1C(N)=O. The number of hydrogen-bond acceptors (Lipinski definition) is 5. The Labute approximate surface area is 187 Å². The van der Waals surface area contributed by atoms with Crippen molar-refractivity contribution in [3.63, 3.8) is 0 Å². The fourth-order valence-corrected chi connectivity index (χ4v) is 4.20. The van der Waals surface area contributed by atoms with Crippen LogP contribution in [-0.2, 0) is 0 Å². The van der Waals surface area contributed by atoms with Crippen LogP contribution in [-0.4, -0.2) is 47.0 Å². The van der Waals surface area contributed by atoms with Gasteiger partial charge >= 0.3 is 0 Å². The highest BCUT2D eigenvalue weighted by Gasteiger charge is 2.19. The minimum absolute atomic E-state index is 0.438. The number of benzene rings is 1. The van der Waals surface area contributed by atoms with Crippen LogP contribution in [0.25, 0.3) is 11.3 Å². The fraction of sp³-hybridized carbons (Fsp3) is 0.292. The zero-order valence-electron chi connectivity index (χ0n) is 17.6. The van der Waals surface area contributed by atoms with E-state index in [2.05, 4.69) is 14.8 Å². The number of likely N-dealkylation sites (tertiary alicyclic amines) is 1. The zero-order chi connectivity index (χ0) is 21.8. The largest absolute Gasteiger partial charge is 0.366 e. The number of pyridine rings is 2. The molecule has 1 aliphatic heterocycles. The third-order valence-electron chi connectivity index (χ3n) is 5.65. The predicted molar refractivity (Wildman–Crippen MR) is 125 cm³/mol. The van der Waals surface area contributed by atoms with Crippen molar-refractivity contribution >= 4 is 29.0 Å². The molecule has 160 valence electrons. The van der Waals surface area contributed by atoms with Crippen LogP contribution in [0.15, 0.2) is 54.7 Å². The number of nitrogens with zero attached hydrogens (tertiary/aromatic N) is 4. The summed E-state index contributed by atoms with van der Waals surface area (Å²) in [6.07, 6.45) is 4.25. The molecule has 2 aromatic heterocycles. The number of halogens is 1. The molecule has 0 bridgehead atoms. The van der Waals surface area contributed by atoms with E-state index in [4.69, 9.17) is 22.3 Å². The van der Waals surface area contributed by atoms with Crippen LogP contribution < -0.4 is 10.6 Å². The Hall–Kier alpha value is -2.96. The summed E-state index contributed by atoms with van der Waals surface area (Å²) in [6, 6.07) is 15.3. The average Bonchev–Trinajstić information content (AvgIpc) is 3.29. The molecular weight excluding hydrogens is 410 g/mol. The second-order valence-corrected chi connectivity index (χ2v) is 8.15. The molecule has 1 aromatic carbocycles. The third kappa shape index (κ3) is 4.86. The van der Waals surface area contributed by atoms with E-state index in [-0.39, 0.29) is 0 Å². The summed E-state index contributed by atoms with van der Waals surface area (Å²) >= 11 is 6.51. The van der Waals surface area contributed by atoms with Gasteiger partial charge in [0.05, 0.1) is 22.0 Å². The molecule has 0 spiro atoms. The number of nitrogens with two attached hydrogens (primary N) is 1. The summed E-state index contributed by atoms with van der Waals surface area (Å²) in [5, 5.41) is 0.648. The molecule has 1 fully saturated rings. The summed E-state index contributed by atoms with van der Waals surface area (Å²) in [6.45, 7) is 5.76. The van der Waals surface area contributed by atoms with Crippen molar-refractivity contribution in [1.82, 2.24) is 14.9 Å². The minimum Gasteiger partial charge on any atom is -0.366 e. The Morgan fingerprint density at radius 3 is 2.65 bits per heavy atom. The molecule has 3 aromatic rings. The number of carbonyl (C=O) groups excluding carboxylic acids is 1. The molecule has 2 N–H and O–H groups in total. The Bertz CT molecular complexity index is 1070. The van der Waals surface area contributed by atoms with Gasteiger partial charge in [-0.15, -0.1) is 0 Å². The van der Waals surface area contributed by atoms with Crippen LogP contribution in [0.3, 0.4) is 0 Å². The number of aryl methyl sites for hydroxylation is 1. The highest BCUT2D eigenvalue weighted by Crippen LogP contribution is 2.33. The van der Waals surface area contributed by atoms with Crippen LogP contribution >= 0.6 is 11.6 Å². The Balaban J connectivity index is 1.72. The summed E-state index contributed by atoms with van der Waals surface area (Å²) in [7, 11) is 0. The fourth-order valence-electron chi connectivity index (χ4n) is 3.98. The number of carbonyl (C=O) groups is 1. The first-order valence-electron chi connectivity index (χ1n) is 10.5.